The van der Waals surface area contributed by atoms with Crippen molar-refractivity contribution in [2.24, 2.45) is 0 Å². The number of hydrogen-bond donors (Lipinski definition) is 1. The van der Waals surface area contributed by atoms with Crippen LogP contribution in [0.3, 0.4) is 0 Å². The van der Waals surface area contributed by atoms with Crippen molar-refractivity contribution in [3.05, 3.63) is 46.6 Å². The Kier molecular flexibility index (Phi) is 4.54. The van der Waals surface area contributed by atoms with Gasteiger partial charge in [0, 0.05) is 23.9 Å². The molecule has 0 radical (unpaired) electrons. The fourth-order valence-electron chi connectivity index (χ4n) is 1.73. The van der Waals surface area contributed by atoms with Crippen LogP contribution >= 0.6 is 0 Å². The average Bonchev–Trinajstić information content (AvgIpc) is 2.45. The smallest absolute Gasteiger partial charge is 0.414 e. The number of carbonyl (C=O) groups is 1. The number of amides is 1. The molecule has 2 aromatic rings. The van der Waals surface area contributed by atoms with Crippen LogP contribution in [-0.2, 0) is 4.74 Å². The summed E-state index contributed by atoms with van der Waals surface area (Å²) in [5.41, 5.74) is 0.571. The number of ether oxygens (including phenoxy) is 1. The van der Waals surface area contributed by atoms with Crippen LogP contribution in [0.5, 0.6) is 0 Å². The third kappa shape index (κ3) is 4.73. The van der Waals surface area contributed by atoms with Gasteiger partial charge in [-0.05, 0) is 39.0 Å². The Hall–Kier alpha value is -3.03. The van der Waals surface area contributed by atoms with Gasteiger partial charge in [0.1, 0.15) is 5.60 Å². The van der Waals surface area contributed by atoms with E-state index in [0.717, 1.165) is 0 Å². The van der Waals surface area contributed by atoms with Crippen molar-refractivity contribution in [3.8, 4) is 11.3 Å². The molecule has 0 saturated heterocycles. The first-order valence-electron chi connectivity index (χ1n) is 6.82. The number of hydrogen-bond acceptors (Lipinski definition) is 6. The molecule has 2 rings (SSSR count). The molecular weight excluding hydrogens is 300 g/mol. The van der Waals surface area contributed by atoms with Crippen LogP contribution in [0.4, 0.5) is 16.4 Å². The van der Waals surface area contributed by atoms with Crippen molar-refractivity contribution in [2.45, 2.75) is 26.4 Å². The van der Waals surface area contributed by atoms with Crippen molar-refractivity contribution < 1.29 is 14.5 Å². The number of non-ortho nitro benzene ring substituents is 1. The van der Waals surface area contributed by atoms with Gasteiger partial charge in [-0.25, -0.2) is 14.8 Å². The number of nitrogens with zero attached hydrogens (tertiary/aromatic N) is 3. The molecule has 1 aromatic carbocycles. The summed E-state index contributed by atoms with van der Waals surface area (Å²) in [7, 11) is 0. The van der Waals surface area contributed by atoms with E-state index in [1.807, 2.05) is 0 Å². The average molecular weight is 316 g/mol. The van der Waals surface area contributed by atoms with Gasteiger partial charge in [-0.15, -0.1) is 0 Å². The van der Waals surface area contributed by atoms with Crippen LogP contribution in [0.25, 0.3) is 11.3 Å². The second-order valence-corrected chi connectivity index (χ2v) is 5.70. The Labute approximate surface area is 132 Å². The molecule has 0 spiro atoms. The maximum absolute atomic E-state index is 11.7. The molecule has 0 aliphatic heterocycles. The quantitative estimate of drug-likeness (QED) is 0.687. The van der Waals surface area contributed by atoms with Gasteiger partial charge in [0.05, 0.1) is 10.6 Å². The summed E-state index contributed by atoms with van der Waals surface area (Å²) in [4.78, 5) is 30.0. The lowest BCUT2D eigenvalue weighted by Crippen LogP contribution is -2.27. The molecule has 0 aliphatic rings. The molecule has 1 N–H and O–H groups in total. The summed E-state index contributed by atoms with van der Waals surface area (Å²) in [6, 6.07) is 7.58. The Morgan fingerprint density at radius 2 is 1.87 bits per heavy atom. The molecule has 1 heterocycles. The fraction of sp³-hybridized carbons (Fsp3) is 0.267. The molecule has 0 unspecified atom stereocenters. The molecule has 0 atom stereocenters. The van der Waals surface area contributed by atoms with E-state index in [2.05, 4.69) is 15.3 Å². The first-order valence-corrected chi connectivity index (χ1v) is 6.82. The van der Waals surface area contributed by atoms with E-state index in [1.165, 1.54) is 18.3 Å². The van der Waals surface area contributed by atoms with E-state index in [-0.39, 0.29) is 11.6 Å². The Morgan fingerprint density at radius 1 is 1.22 bits per heavy atom. The first-order chi connectivity index (χ1) is 10.7. The highest BCUT2D eigenvalue weighted by Gasteiger charge is 2.17. The lowest BCUT2D eigenvalue weighted by atomic mass is 10.1. The third-order valence-corrected chi connectivity index (χ3v) is 2.64. The van der Waals surface area contributed by atoms with Gasteiger partial charge in [-0.2, -0.15) is 0 Å². The van der Waals surface area contributed by atoms with Crippen molar-refractivity contribution in [1.82, 2.24) is 9.97 Å². The SMILES string of the molecule is CC(C)(C)OC(=O)Nc1nccc(-c2ccc([N+](=O)[O-])cc2)n1. The second kappa shape index (κ2) is 6.39. The number of carbonyl (C=O) groups excluding carboxylic acids is 1. The molecule has 1 aromatic heterocycles. The third-order valence-electron chi connectivity index (χ3n) is 2.64. The van der Waals surface area contributed by atoms with Crippen LogP contribution in [0.2, 0.25) is 0 Å². The summed E-state index contributed by atoms with van der Waals surface area (Å²) in [5, 5.41) is 13.1. The van der Waals surface area contributed by atoms with Crippen molar-refractivity contribution in [2.75, 3.05) is 5.32 Å². The number of rotatable bonds is 3. The maximum Gasteiger partial charge on any atom is 0.414 e. The minimum atomic E-state index is -0.654. The van der Waals surface area contributed by atoms with E-state index in [1.54, 1.807) is 39.0 Å². The lowest BCUT2D eigenvalue weighted by molar-refractivity contribution is -0.384. The summed E-state index contributed by atoms with van der Waals surface area (Å²) in [6.07, 6.45) is 0.828. The second-order valence-electron chi connectivity index (χ2n) is 5.70. The molecule has 0 bridgehead atoms. The van der Waals surface area contributed by atoms with Gasteiger partial charge in [-0.3, -0.25) is 15.4 Å². The number of benzene rings is 1. The highest BCUT2D eigenvalue weighted by Crippen LogP contribution is 2.21. The highest BCUT2D eigenvalue weighted by atomic mass is 16.6. The molecule has 8 nitrogen and oxygen atoms in total. The zero-order chi connectivity index (χ0) is 17.0. The van der Waals surface area contributed by atoms with Gasteiger partial charge in [-0.1, -0.05) is 0 Å². The van der Waals surface area contributed by atoms with Gasteiger partial charge in [0.25, 0.3) is 5.69 Å². The van der Waals surface area contributed by atoms with Crippen molar-refractivity contribution in [1.29, 1.82) is 0 Å². The minimum Gasteiger partial charge on any atom is -0.444 e. The van der Waals surface area contributed by atoms with Gasteiger partial charge in [0.15, 0.2) is 0 Å². The van der Waals surface area contributed by atoms with Crippen LogP contribution in [0, 0.1) is 10.1 Å². The lowest BCUT2D eigenvalue weighted by Gasteiger charge is -2.19. The molecular formula is C15H16N4O4. The van der Waals surface area contributed by atoms with Gasteiger partial charge >= 0.3 is 6.09 Å². The summed E-state index contributed by atoms with van der Waals surface area (Å²) in [6.45, 7) is 5.25. The summed E-state index contributed by atoms with van der Waals surface area (Å²) < 4.78 is 5.12. The van der Waals surface area contributed by atoms with Crippen LogP contribution in [0.1, 0.15) is 20.8 Å². The fourth-order valence-corrected chi connectivity index (χ4v) is 1.73. The normalized spacial score (nSPS) is 10.9. The number of nitro benzene ring substituents is 1. The van der Waals surface area contributed by atoms with E-state index in [4.69, 9.17) is 4.74 Å². The molecule has 1 amide bonds. The van der Waals surface area contributed by atoms with Crippen LogP contribution in [0.15, 0.2) is 36.5 Å². The van der Waals surface area contributed by atoms with Crippen molar-refractivity contribution in [3.63, 3.8) is 0 Å². The molecule has 23 heavy (non-hydrogen) atoms. The largest absolute Gasteiger partial charge is 0.444 e. The van der Waals surface area contributed by atoms with Crippen LogP contribution in [-0.4, -0.2) is 26.6 Å². The van der Waals surface area contributed by atoms with Crippen molar-refractivity contribution >= 4 is 17.7 Å². The van der Waals surface area contributed by atoms with E-state index in [9.17, 15) is 14.9 Å². The highest BCUT2D eigenvalue weighted by molar-refractivity contribution is 5.82. The number of aromatic nitrogens is 2. The van der Waals surface area contributed by atoms with Crippen LogP contribution < -0.4 is 5.32 Å². The summed E-state index contributed by atoms with van der Waals surface area (Å²) >= 11 is 0. The topological polar surface area (TPSA) is 107 Å². The monoisotopic (exact) mass is 316 g/mol. The van der Waals surface area contributed by atoms with E-state index < -0.39 is 16.6 Å². The molecule has 0 aliphatic carbocycles. The Balaban J connectivity index is 2.16. The summed E-state index contributed by atoms with van der Waals surface area (Å²) in [5.74, 6) is 0.0927. The predicted molar refractivity (Wildman–Crippen MR) is 84.0 cm³/mol. The number of nitrogens with one attached hydrogen (secondary N) is 1. The maximum atomic E-state index is 11.7. The zero-order valence-electron chi connectivity index (χ0n) is 12.9. The molecule has 0 fully saturated rings. The molecule has 0 saturated carbocycles. The van der Waals surface area contributed by atoms with Gasteiger partial charge < -0.3 is 4.74 Å². The molecule has 8 heteroatoms. The Morgan fingerprint density at radius 3 is 2.43 bits per heavy atom. The Bertz CT molecular complexity index is 723. The standard InChI is InChI=1S/C15H16N4O4/c1-15(2,3)23-14(20)18-13-16-9-8-12(17-13)10-4-6-11(7-5-10)19(21)22/h4-9H,1-3H3,(H,16,17,18,20). The molecule has 120 valence electrons. The van der Waals surface area contributed by atoms with Gasteiger partial charge in [0.2, 0.25) is 5.95 Å². The number of nitro groups is 1. The zero-order valence-corrected chi connectivity index (χ0v) is 12.9. The first kappa shape index (κ1) is 16.3. The predicted octanol–water partition coefficient (Wildman–Crippen LogP) is 3.40. The number of anilines is 1. The van der Waals surface area contributed by atoms with E-state index >= 15 is 0 Å². The van der Waals surface area contributed by atoms with E-state index in [0.29, 0.717) is 11.3 Å². The minimum absolute atomic E-state index is 0.00471.